The number of nitrogens with one attached hydrogen (secondary N) is 1. The van der Waals surface area contributed by atoms with Crippen LogP contribution in [0.15, 0.2) is 36.5 Å². The second kappa shape index (κ2) is 7.38. The molecule has 128 valence electrons. The van der Waals surface area contributed by atoms with E-state index in [0.29, 0.717) is 26.1 Å². The van der Waals surface area contributed by atoms with Crippen LogP contribution in [-0.2, 0) is 16.1 Å². The third kappa shape index (κ3) is 3.69. The molecule has 2 amide bonds. The second-order valence-corrected chi connectivity index (χ2v) is 6.12. The highest BCUT2D eigenvalue weighted by molar-refractivity contribution is 5.80. The molecule has 1 N–H and O–H groups in total. The number of piperidine rings is 1. The molecule has 1 aliphatic rings. The number of para-hydroxylation sites is 1. The van der Waals surface area contributed by atoms with Gasteiger partial charge in [0.25, 0.3) is 0 Å². The lowest BCUT2D eigenvalue weighted by Crippen LogP contribution is -2.46. The molecule has 2 heterocycles. The smallest absolute Gasteiger partial charge is 0.409 e. The van der Waals surface area contributed by atoms with Gasteiger partial charge in [0.1, 0.15) is 0 Å². The molecule has 0 saturated carbocycles. The van der Waals surface area contributed by atoms with Crippen LogP contribution < -0.4 is 5.32 Å². The van der Waals surface area contributed by atoms with Crippen molar-refractivity contribution >= 4 is 22.9 Å². The van der Waals surface area contributed by atoms with Gasteiger partial charge in [-0.25, -0.2) is 4.79 Å². The number of aryl methyl sites for hydroxylation is 1. The van der Waals surface area contributed by atoms with Crippen LogP contribution in [0, 0.1) is 0 Å². The number of hydrogen-bond donors (Lipinski definition) is 1. The van der Waals surface area contributed by atoms with Crippen LogP contribution in [0.5, 0.6) is 0 Å². The molecule has 2 aromatic rings. The molecule has 3 rings (SSSR count). The average molecular weight is 329 g/mol. The third-order valence-corrected chi connectivity index (χ3v) is 4.55. The van der Waals surface area contributed by atoms with Crippen molar-refractivity contribution < 1.29 is 14.3 Å². The summed E-state index contributed by atoms with van der Waals surface area (Å²) in [5, 5.41) is 4.26. The lowest BCUT2D eigenvalue weighted by molar-refractivity contribution is -0.122. The summed E-state index contributed by atoms with van der Waals surface area (Å²) in [6.45, 7) is 1.92. The third-order valence-electron chi connectivity index (χ3n) is 4.55. The van der Waals surface area contributed by atoms with E-state index in [9.17, 15) is 9.59 Å². The van der Waals surface area contributed by atoms with Crippen LogP contribution in [-0.4, -0.2) is 47.7 Å². The summed E-state index contributed by atoms with van der Waals surface area (Å²) >= 11 is 0. The standard InChI is InChI=1S/C18H23N3O3/c1-24-18(23)21-11-7-15(8-12-21)19-17(22)9-13-20-10-6-14-4-2-3-5-16(14)20/h2-6,10,15H,7-9,11-13H2,1H3,(H,19,22). The normalized spacial score (nSPS) is 15.5. The fraction of sp³-hybridized carbons (Fsp3) is 0.444. The first kappa shape index (κ1) is 16.4. The molecule has 6 nitrogen and oxygen atoms in total. The zero-order chi connectivity index (χ0) is 16.9. The van der Waals surface area contributed by atoms with Gasteiger partial charge >= 0.3 is 6.09 Å². The fourth-order valence-electron chi connectivity index (χ4n) is 3.19. The molecule has 0 bridgehead atoms. The Hall–Kier alpha value is -2.50. The van der Waals surface area contributed by atoms with Crippen LogP contribution in [0.3, 0.4) is 0 Å². The topological polar surface area (TPSA) is 63.6 Å². The van der Waals surface area contributed by atoms with E-state index in [0.717, 1.165) is 18.4 Å². The Morgan fingerprint density at radius 1 is 1.21 bits per heavy atom. The fourth-order valence-corrected chi connectivity index (χ4v) is 3.19. The molecule has 0 spiro atoms. The molecule has 0 aliphatic carbocycles. The first-order valence-corrected chi connectivity index (χ1v) is 8.33. The van der Waals surface area contributed by atoms with Crippen molar-refractivity contribution in [2.75, 3.05) is 20.2 Å². The molecule has 0 unspecified atom stereocenters. The number of hydrogen-bond acceptors (Lipinski definition) is 3. The van der Waals surface area contributed by atoms with Gasteiger partial charge in [0.15, 0.2) is 0 Å². The lowest BCUT2D eigenvalue weighted by Gasteiger charge is -2.31. The number of amides is 2. The maximum atomic E-state index is 12.2. The Kier molecular flexibility index (Phi) is 5.03. The summed E-state index contributed by atoms with van der Waals surface area (Å²) in [5.74, 6) is 0.0595. The Balaban J connectivity index is 1.46. The highest BCUT2D eigenvalue weighted by Crippen LogP contribution is 2.16. The summed E-state index contributed by atoms with van der Waals surface area (Å²) in [6.07, 6.45) is 3.72. The number of ether oxygens (including phenoxy) is 1. The summed E-state index contributed by atoms with van der Waals surface area (Å²) < 4.78 is 6.82. The number of carbonyl (C=O) groups excluding carboxylic acids is 2. The van der Waals surface area contributed by atoms with Crippen LogP contribution in [0.2, 0.25) is 0 Å². The summed E-state index contributed by atoms with van der Waals surface area (Å²) in [6, 6.07) is 10.4. The molecule has 1 fully saturated rings. The predicted molar refractivity (Wildman–Crippen MR) is 91.7 cm³/mol. The van der Waals surface area contributed by atoms with E-state index in [-0.39, 0.29) is 18.0 Å². The minimum atomic E-state index is -0.292. The highest BCUT2D eigenvalue weighted by atomic mass is 16.5. The van der Waals surface area contributed by atoms with Crippen molar-refractivity contribution in [3.8, 4) is 0 Å². The second-order valence-electron chi connectivity index (χ2n) is 6.12. The quantitative estimate of drug-likeness (QED) is 0.937. The van der Waals surface area contributed by atoms with Crippen LogP contribution in [0.25, 0.3) is 10.9 Å². The van der Waals surface area contributed by atoms with E-state index in [2.05, 4.69) is 28.1 Å². The van der Waals surface area contributed by atoms with Crippen molar-refractivity contribution in [3.05, 3.63) is 36.5 Å². The molecule has 1 saturated heterocycles. The van der Waals surface area contributed by atoms with Crippen LogP contribution >= 0.6 is 0 Å². The Morgan fingerprint density at radius 3 is 2.71 bits per heavy atom. The Morgan fingerprint density at radius 2 is 1.96 bits per heavy atom. The van der Waals surface area contributed by atoms with E-state index < -0.39 is 0 Å². The van der Waals surface area contributed by atoms with Gasteiger partial charge in [-0.1, -0.05) is 18.2 Å². The molecule has 24 heavy (non-hydrogen) atoms. The number of carbonyl (C=O) groups is 2. The van der Waals surface area contributed by atoms with Crippen molar-refractivity contribution in [1.29, 1.82) is 0 Å². The zero-order valence-electron chi connectivity index (χ0n) is 13.9. The van der Waals surface area contributed by atoms with Gasteiger partial charge in [0, 0.05) is 43.8 Å². The van der Waals surface area contributed by atoms with Crippen molar-refractivity contribution in [3.63, 3.8) is 0 Å². The van der Waals surface area contributed by atoms with Crippen molar-refractivity contribution in [2.45, 2.75) is 31.8 Å². The van der Waals surface area contributed by atoms with Gasteiger partial charge in [-0.15, -0.1) is 0 Å². The van der Waals surface area contributed by atoms with E-state index >= 15 is 0 Å². The minimum Gasteiger partial charge on any atom is -0.453 e. The summed E-state index contributed by atoms with van der Waals surface area (Å²) in [4.78, 5) is 25.3. The van der Waals surface area contributed by atoms with Gasteiger partial charge in [0.2, 0.25) is 5.91 Å². The number of nitrogens with zero attached hydrogens (tertiary/aromatic N) is 2. The molecule has 1 aliphatic heterocycles. The van der Waals surface area contributed by atoms with Crippen LogP contribution in [0.4, 0.5) is 4.79 Å². The number of fused-ring (bicyclic) bond motifs is 1. The minimum absolute atomic E-state index is 0.0595. The SMILES string of the molecule is COC(=O)N1CCC(NC(=O)CCn2ccc3ccccc32)CC1. The maximum absolute atomic E-state index is 12.2. The van der Waals surface area contributed by atoms with E-state index in [1.165, 1.54) is 12.5 Å². The average Bonchev–Trinajstić information content (AvgIpc) is 3.03. The Bertz CT molecular complexity index is 717. The number of likely N-dealkylation sites (tertiary alicyclic amines) is 1. The molecular weight excluding hydrogens is 306 g/mol. The molecule has 1 aromatic carbocycles. The lowest BCUT2D eigenvalue weighted by atomic mass is 10.1. The number of benzene rings is 1. The number of aromatic nitrogens is 1. The molecule has 0 atom stereocenters. The van der Waals surface area contributed by atoms with Gasteiger partial charge in [-0.05, 0) is 30.4 Å². The molecule has 6 heteroatoms. The monoisotopic (exact) mass is 329 g/mol. The highest BCUT2D eigenvalue weighted by Gasteiger charge is 2.24. The first-order valence-electron chi connectivity index (χ1n) is 8.33. The molecule has 1 aromatic heterocycles. The molecule has 0 radical (unpaired) electrons. The van der Waals surface area contributed by atoms with Crippen molar-refractivity contribution in [2.24, 2.45) is 0 Å². The molecular formula is C18H23N3O3. The first-order chi connectivity index (χ1) is 11.7. The van der Waals surface area contributed by atoms with Gasteiger partial charge in [-0.3, -0.25) is 4.79 Å². The van der Waals surface area contributed by atoms with Gasteiger partial charge in [-0.2, -0.15) is 0 Å². The van der Waals surface area contributed by atoms with Crippen molar-refractivity contribution in [1.82, 2.24) is 14.8 Å². The summed E-state index contributed by atoms with van der Waals surface area (Å²) in [5.41, 5.74) is 1.15. The maximum Gasteiger partial charge on any atom is 0.409 e. The number of rotatable bonds is 4. The Labute approximate surface area is 141 Å². The van der Waals surface area contributed by atoms with E-state index in [1.54, 1.807) is 4.90 Å². The largest absolute Gasteiger partial charge is 0.453 e. The van der Waals surface area contributed by atoms with Gasteiger partial charge in [0.05, 0.1) is 7.11 Å². The predicted octanol–water partition coefficient (Wildman–Crippen LogP) is 2.38. The van der Waals surface area contributed by atoms with E-state index in [1.807, 2.05) is 18.3 Å². The number of methoxy groups -OCH3 is 1. The van der Waals surface area contributed by atoms with E-state index in [4.69, 9.17) is 4.74 Å². The van der Waals surface area contributed by atoms with Gasteiger partial charge < -0.3 is 19.5 Å². The zero-order valence-corrected chi connectivity index (χ0v) is 13.9. The van der Waals surface area contributed by atoms with Crippen LogP contribution in [0.1, 0.15) is 19.3 Å². The summed E-state index contributed by atoms with van der Waals surface area (Å²) in [7, 11) is 1.39.